The molecule has 0 aromatic carbocycles. The Hall–Kier alpha value is -0.650. The van der Waals surface area contributed by atoms with Crippen molar-refractivity contribution in [2.75, 3.05) is 20.3 Å². The summed E-state index contributed by atoms with van der Waals surface area (Å²) in [5.74, 6) is -0.873. The van der Waals surface area contributed by atoms with E-state index in [-0.39, 0.29) is 6.04 Å². The Morgan fingerprint density at radius 3 is 2.83 bits per heavy atom. The normalized spacial score (nSPS) is 30.4. The van der Waals surface area contributed by atoms with Gasteiger partial charge in [0.15, 0.2) is 0 Å². The molecule has 1 fully saturated rings. The number of carbonyl (C=O) groups is 1. The van der Waals surface area contributed by atoms with Gasteiger partial charge >= 0.3 is 5.97 Å². The quantitative estimate of drug-likeness (QED) is 0.745. The van der Waals surface area contributed by atoms with Gasteiger partial charge in [0.1, 0.15) is 5.54 Å². The molecule has 5 heteroatoms. The molecule has 0 bridgehead atoms. The number of likely N-dealkylation sites (N-methyl/N-ethyl adjacent to an activating group) is 1. The van der Waals surface area contributed by atoms with Gasteiger partial charge in [-0.05, 0) is 39.2 Å². The average Bonchev–Trinajstić information content (AvgIpc) is 2.30. The van der Waals surface area contributed by atoms with E-state index in [1.54, 1.807) is 7.11 Å². The summed E-state index contributed by atoms with van der Waals surface area (Å²) in [6.45, 7) is 5.76. The van der Waals surface area contributed by atoms with Crippen LogP contribution in [0, 0.1) is 0 Å². The second kappa shape index (κ2) is 6.50. The number of nitrogens with zero attached hydrogens (tertiary/aromatic N) is 1. The number of hydrogen-bond acceptors (Lipinski definition) is 4. The number of methoxy groups -OCH3 is 1. The van der Waals surface area contributed by atoms with Crippen LogP contribution in [0.2, 0.25) is 0 Å². The minimum absolute atomic E-state index is 0.245. The van der Waals surface area contributed by atoms with E-state index in [9.17, 15) is 9.90 Å². The minimum Gasteiger partial charge on any atom is -0.480 e. The van der Waals surface area contributed by atoms with Gasteiger partial charge in [-0.3, -0.25) is 9.69 Å². The predicted octanol–water partition coefficient (Wildman–Crippen LogP) is 1.07. The van der Waals surface area contributed by atoms with E-state index < -0.39 is 11.5 Å². The summed E-state index contributed by atoms with van der Waals surface area (Å²) in [7, 11) is 1.69. The van der Waals surface area contributed by atoms with Crippen molar-refractivity contribution in [1.82, 2.24) is 4.90 Å². The van der Waals surface area contributed by atoms with E-state index >= 15 is 0 Å². The van der Waals surface area contributed by atoms with Gasteiger partial charge in [0.25, 0.3) is 0 Å². The van der Waals surface area contributed by atoms with E-state index in [1.165, 1.54) is 0 Å². The summed E-state index contributed by atoms with van der Waals surface area (Å²) < 4.78 is 5.19. The van der Waals surface area contributed by atoms with Crippen LogP contribution in [0.5, 0.6) is 0 Å². The molecular weight excluding hydrogens is 232 g/mol. The lowest BCUT2D eigenvalue weighted by atomic mass is 9.79. The molecule has 1 rings (SSSR count). The first kappa shape index (κ1) is 15.4. The molecule has 3 atom stereocenters. The monoisotopic (exact) mass is 258 g/mol. The van der Waals surface area contributed by atoms with Crippen molar-refractivity contribution in [3.05, 3.63) is 0 Å². The molecule has 3 unspecified atom stereocenters. The number of nitrogens with two attached hydrogens (primary N) is 1. The fraction of sp³-hybridized carbons (Fsp3) is 0.923. The zero-order valence-corrected chi connectivity index (χ0v) is 11.7. The number of carboxylic acids is 1. The maximum atomic E-state index is 11.3. The van der Waals surface area contributed by atoms with Gasteiger partial charge in [0.2, 0.25) is 0 Å². The Morgan fingerprint density at radius 1 is 1.67 bits per heavy atom. The van der Waals surface area contributed by atoms with Crippen LogP contribution in [-0.4, -0.2) is 53.9 Å². The highest BCUT2D eigenvalue weighted by Crippen LogP contribution is 2.30. The van der Waals surface area contributed by atoms with E-state index in [0.29, 0.717) is 25.5 Å². The number of rotatable bonds is 6. The van der Waals surface area contributed by atoms with Gasteiger partial charge in [0.05, 0.1) is 6.61 Å². The summed E-state index contributed by atoms with van der Waals surface area (Å²) >= 11 is 0. The lowest BCUT2D eigenvalue weighted by molar-refractivity contribution is -0.145. The van der Waals surface area contributed by atoms with Crippen molar-refractivity contribution in [1.29, 1.82) is 0 Å². The highest BCUT2D eigenvalue weighted by atomic mass is 16.5. The zero-order valence-electron chi connectivity index (χ0n) is 11.7. The van der Waals surface area contributed by atoms with Crippen molar-refractivity contribution in [3.8, 4) is 0 Å². The van der Waals surface area contributed by atoms with Gasteiger partial charge in [-0.2, -0.15) is 0 Å². The Morgan fingerprint density at radius 2 is 2.33 bits per heavy atom. The number of hydrogen-bond donors (Lipinski definition) is 2. The molecule has 18 heavy (non-hydrogen) atoms. The third-order valence-electron chi connectivity index (χ3n) is 3.99. The maximum absolute atomic E-state index is 11.3. The van der Waals surface area contributed by atoms with Crippen molar-refractivity contribution < 1.29 is 14.6 Å². The minimum atomic E-state index is -1.05. The van der Waals surface area contributed by atoms with E-state index in [2.05, 4.69) is 18.7 Å². The largest absolute Gasteiger partial charge is 0.480 e. The molecule has 0 aromatic heterocycles. The predicted molar refractivity (Wildman–Crippen MR) is 70.5 cm³/mol. The number of aliphatic carboxylic acids is 1. The number of carboxylic acid groups (broad SMARTS) is 1. The second-order valence-corrected chi connectivity index (χ2v) is 5.35. The molecule has 106 valence electrons. The van der Waals surface area contributed by atoms with Crippen LogP contribution >= 0.6 is 0 Å². The Kier molecular flexibility index (Phi) is 5.56. The third kappa shape index (κ3) is 3.43. The van der Waals surface area contributed by atoms with Crippen LogP contribution in [0.25, 0.3) is 0 Å². The Bertz CT molecular complexity index is 285. The maximum Gasteiger partial charge on any atom is 0.323 e. The Labute approximate surface area is 109 Å². The molecule has 1 aliphatic rings. The first-order valence-corrected chi connectivity index (χ1v) is 6.71. The molecule has 1 saturated carbocycles. The van der Waals surface area contributed by atoms with Gasteiger partial charge in [-0.1, -0.05) is 6.92 Å². The molecule has 0 radical (unpaired) electrons. The first-order chi connectivity index (χ1) is 8.44. The van der Waals surface area contributed by atoms with Crippen molar-refractivity contribution >= 4 is 5.97 Å². The zero-order chi connectivity index (χ0) is 13.8. The van der Waals surface area contributed by atoms with Gasteiger partial charge in [0, 0.05) is 19.2 Å². The molecule has 3 N–H and O–H groups in total. The van der Waals surface area contributed by atoms with Crippen LogP contribution in [0.3, 0.4) is 0 Å². The van der Waals surface area contributed by atoms with E-state index in [4.69, 9.17) is 10.5 Å². The second-order valence-electron chi connectivity index (χ2n) is 5.35. The van der Waals surface area contributed by atoms with Crippen molar-refractivity contribution in [3.63, 3.8) is 0 Å². The smallest absolute Gasteiger partial charge is 0.323 e. The molecule has 0 saturated heterocycles. The topological polar surface area (TPSA) is 75.8 Å². The molecule has 0 spiro atoms. The Balaban J connectivity index is 2.72. The van der Waals surface area contributed by atoms with E-state index in [1.807, 2.05) is 0 Å². The standard InChI is InChI=1S/C13H26N2O3/c1-4-15(10(2)9-18-3)11-6-5-7-13(14,8-11)12(16)17/h10-11H,4-9,14H2,1-3H3,(H,16,17). The third-order valence-corrected chi connectivity index (χ3v) is 3.99. The van der Waals surface area contributed by atoms with Crippen LogP contribution in [0.15, 0.2) is 0 Å². The average molecular weight is 258 g/mol. The van der Waals surface area contributed by atoms with Crippen molar-refractivity contribution in [2.45, 2.75) is 57.2 Å². The fourth-order valence-electron chi connectivity index (χ4n) is 3.02. The molecule has 0 aliphatic heterocycles. The highest BCUT2D eigenvalue weighted by Gasteiger charge is 2.41. The SMILES string of the molecule is CCN(C(C)COC)C1CCCC(N)(C(=O)O)C1. The lowest BCUT2D eigenvalue weighted by Crippen LogP contribution is -2.57. The summed E-state index contributed by atoms with van der Waals surface area (Å²) in [4.78, 5) is 13.6. The highest BCUT2D eigenvalue weighted by molar-refractivity contribution is 5.78. The summed E-state index contributed by atoms with van der Waals surface area (Å²) in [6, 6.07) is 0.538. The number of ether oxygens (including phenoxy) is 1. The van der Waals surface area contributed by atoms with Crippen LogP contribution in [0.4, 0.5) is 0 Å². The van der Waals surface area contributed by atoms with Gasteiger partial charge in [-0.25, -0.2) is 0 Å². The van der Waals surface area contributed by atoms with Gasteiger partial charge in [-0.15, -0.1) is 0 Å². The molecule has 1 aliphatic carbocycles. The molecule has 5 nitrogen and oxygen atoms in total. The van der Waals surface area contributed by atoms with E-state index in [0.717, 1.165) is 19.4 Å². The molecule has 0 heterocycles. The first-order valence-electron chi connectivity index (χ1n) is 6.71. The van der Waals surface area contributed by atoms with Gasteiger partial charge < -0.3 is 15.6 Å². The lowest BCUT2D eigenvalue weighted by Gasteiger charge is -2.42. The summed E-state index contributed by atoms with van der Waals surface area (Å²) in [5.41, 5.74) is 4.95. The van der Waals surface area contributed by atoms with Crippen molar-refractivity contribution in [2.24, 2.45) is 5.73 Å². The molecular formula is C13H26N2O3. The summed E-state index contributed by atoms with van der Waals surface area (Å²) in [6.07, 6.45) is 3.01. The molecule has 0 amide bonds. The summed E-state index contributed by atoms with van der Waals surface area (Å²) in [5, 5.41) is 9.24. The fourth-order valence-corrected chi connectivity index (χ4v) is 3.02. The van der Waals surface area contributed by atoms with Crippen LogP contribution in [-0.2, 0) is 9.53 Å². The van der Waals surface area contributed by atoms with Crippen LogP contribution in [0.1, 0.15) is 39.5 Å². The molecule has 0 aromatic rings. The van der Waals surface area contributed by atoms with Crippen LogP contribution < -0.4 is 5.73 Å².